The standard InChI is InChI=1S/C27H25N3O4/c1-19-16-30(18-28-19)22-9-11-23(12-10-22)34-17-21-5-3-4-6-24(21)29-27(32)14-8-20-7-13-26(33-2)25(31)15-20/h3-16,18,31H,17H2,1-2H3,(H,29,32). The average molecular weight is 456 g/mol. The molecule has 0 atom stereocenters. The number of carbonyl (C=O) groups excluding carboxylic acids is 1. The summed E-state index contributed by atoms with van der Waals surface area (Å²) < 4.78 is 12.9. The Bertz CT molecular complexity index is 1310. The van der Waals surface area contributed by atoms with Crippen LogP contribution in [-0.2, 0) is 11.4 Å². The number of benzene rings is 3. The zero-order chi connectivity index (χ0) is 23.9. The zero-order valence-electron chi connectivity index (χ0n) is 18.9. The summed E-state index contributed by atoms with van der Waals surface area (Å²) in [5.41, 5.74) is 4.15. The van der Waals surface area contributed by atoms with Crippen LogP contribution in [0.5, 0.6) is 17.2 Å². The van der Waals surface area contributed by atoms with Gasteiger partial charge in [-0.3, -0.25) is 4.79 Å². The van der Waals surface area contributed by atoms with Crippen LogP contribution in [0.2, 0.25) is 0 Å². The highest BCUT2D eigenvalue weighted by atomic mass is 16.5. The van der Waals surface area contributed by atoms with E-state index >= 15 is 0 Å². The van der Waals surface area contributed by atoms with Crippen molar-refractivity contribution in [2.24, 2.45) is 0 Å². The van der Waals surface area contributed by atoms with E-state index < -0.39 is 0 Å². The molecule has 0 saturated carbocycles. The number of phenolic OH excluding ortho intramolecular Hbond substituents is 1. The van der Waals surface area contributed by atoms with E-state index in [4.69, 9.17) is 9.47 Å². The van der Waals surface area contributed by atoms with Crippen LogP contribution in [-0.4, -0.2) is 27.7 Å². The minimum absolute atomic E-state index is 0.0146. The van der Waals surface area contributed by atoms with Crippen molar-refractivity contribution >= 4 is 17.7 Å². The third kappa shape index (κ3) is 5.63. The van der Waals surface area contributed by atoms with Crippen LogP contribution in [0.3, 0.4) is 0 Å². The molecule has 1 heterocycles. The van der Waals surface area contributed by atoms with E-state index in [1.165, 1.54) is 19.3 Å². The lowest BCUT2D eigenvalue weighted by Crippen LogP contribution is -2.10. The van der Waals surface area contributed by atoms with Crippen molar-refractivity contribution in [1.82, 2.24) is 9.55 Å². The van der Waals surface area contributed by atoms with Crippen LogP contribution in [0.25, 0.3) is 11.8 Å². The number of hydrogen-bond acceptors (Lipinski definition) is 5. The highest BCUT2D eigenvalue weighted by Gasteiger charge is 2.07. The summed E-state index contributed by atoms with van der Waals surface area (Å²) >= 11 is 0. The van der Waals surface area contributed by atoms with Gasteiger partial charge in [0.25, 0.3) is 0 Å². The molecule has 0 unspecified atom stereocenters. The van der Waals surface area contributed by atoms with Crippen LogP contribution < -0.4 is 14.8 Å². The molecule has 7 heteroatoms. The van der Waals surface area contributed by atoms with Crippen LogP contribution >= 0.6 is 0 Å². The van der Waals surface area contributed by atoms with Crippen molar-refractivity contribution in [2.45, 2.75) is 13.5 Å². The summed E-state index contributed by atoms with van der Waals surface area (Å²) in [7, 11) is 1.48. The topological polar surface area (TPSA) is 85.6 Å². The van der Waals surface area contributed by atoms with Gasteiger partial charge in [-0.05, 0) is 61.0 Å². The monoisotopic (exact) mass is 455 g/mol. The van der Waals surface area contributed by atoms with Gasteiger partial charge in [0.2, 0.25) is 5.91 Å². The van der Waals surface area contributed by atoms with Gasteiger partial charge < -0.3 is 24.5 Å². The fraction of sp³-hybridized carbons (Fsp3) is 0.111. The summed E-state index contributed by atoms with van der Waals surface area (Å²) in [5, 5.41) is 12.8. The Morgan fingerprint density at radius 1 is 1.12 bits per heavy atom. The lowest BCUT2D eigenvalue weighted by atomic mass is 10.1. The molecular weight excluding hydrogens is 430 g/mol. The van der Waals surface area contributed by atoms with Crippen LogP contribution in [0.1, 0.15) is 16.8 Å². The average Bonchev–Trinajstić information content (AvgIpc) is 3.29. The highest BCUT2D eigenvalue weighted by Crippen LogP contribution is 2.27. The van der Waals surface area contributed by atoms with E-state index in [2.05, 4.69) is 10.3 Å². The number of para-hydroxylation sites is 1. The Labute approximate surface area is 197 Å². The second kappa shape index (κ2) is 10.4. The second-order valence-corrected chi connectivity index (χ2v) is 7.62. The molecule has 0 bridgehead atoms. The van der Waals surface area contributed by atoms with Crippen molar-refractivity contribution < 1.29 is 19.4 Å². The Balaban J connectivity index is 1.38. The number of imidazole rings is 1. The molecule has 0 aliphatic carbocycles. The van der Waals surface area contributed by atoms with Gasteiger partial charge in [-0.1, -0.05) is 24.3 Å². The van der Waals surface area contributed by atoms with Crippen LogP contribution in [0.4, 0.5) is 5.69 Å². The smallest absolute Gasteiger partial charge is 0.248 e. The van der Waals surface area contributed by atoms with Gasteiger partial charge in [0, 0.05) is 29.2 Å². The third-order valence-corrected chi connectivity index (χ3v) is 5.15. The number of hydrogen-bond donors (Lipinski definition) is 2. The summed E-state index contributed by atoms with van der Waals surface area (Å²) in [4.78, 5) is 16.7. The van der Waals surface area contributed by atoms with Crippen molar-refractivity contribution in [2.75, 3.05) is 12.4 Å². The zero-order valence-corrected chi connectivity index (χ0v) is 18.9. The number of nitrogens with zero attached hydrogens (tertiary/aromatic N) is 2. The number of phenols is 1. The van der Waals surface area contributed by atoms with Crippen molar-refractivity contribution in [3.05, 3.63) is 102 Å². The maximum atomic E-state index is 12.5. The molecule has 1 aromatic heterocycles. The molecule has 34 heavy (non-hydrogen) atoms. The summed E-state index contributed by atoms with van der Waals surface area (Å²) in [5.74, 6) is 0.825. The number of aromatic nitrogens is 2. The molecule has 0 radical (unpaired) electrons. The molecule has 1 amide bonds. The molecule has 4 aromatic rings. The van der Waals surface area contributed by atoms with Gasteiger partial charge in [0.05, 0.1) is 19.1 Å². The number of aromatic hydroxyl groups is 1. The maximum Gasteiger partial charge on any atom is 0.248 e. The first-order chi connectivity index (χ1) is 16.5. The Morgan fingerprint density at radius 3 is 2.62 bits per heavy atom. The number of aryl methyl sites for hydroxylation is 1. The quantitative estimate of drug-likeness (QED) is 0.360. The van der Waals surface area contributed by atoms with Gasteiger partial charge in [-0.2, -0.15) is 0 Å². The summed E-state index contributed by atoms with van der Waals surface area (Å²) in [6.45, 7) is 2.25. The maximum absolute atomic E-state index is 12.5. The van der Waals surface area contributed by atoms with Gasteiger partial charge in [-0.25, -0.2) is 4.98 Å². The Kier molecular flexibility index (Phi) is 6.93. The number of amides is 1. The van der Waals surface area contributed by atoms with Gasteiger partial charge in [0.1, 0.15) is 12.4 Å². The summed E-state index contributed by atoms with van der Waals surface area (Å²) in [6.07, 6.45) is 6.77. The molecule has 0 spiro atoms. The predicted molar refractivity (Wildman–Crippen MR) is 131 cm³/mol. The number of rotatable bonds is 8. The molecule has 0 aliphatic heterocycles. The number of anilines is 1. The molecule has 172 valence electrons. The van der Waals surface area contributed by atoms with E-state index in [-0.39, 0.29) is 11.7 Å². The van der Waals surface area contributed by atoms with Gasteiger partial charge in [-0.15, -0.1) is 0 Å². The minimum Gasteiger partial charge on any atom is -0.504 e. The molecule has 0 saturated heterocycles. The van der Waals surface area contributed by atoms with Crippen molar-refractivity contribution in [3.63, 3.8) is 0 Å². The van der Waals surface area contributed by atoms with E-state index in [0.717, 1.165) is 22.7 Å². The van der Waals surface area contributed by atoms with E-state index in [1.807, 2.05) is 66.2 Å². The Morgan fingerprint density at radius 2 is 1.91 bits per heavy atom. The van der Waals surface area contributed by atoms with E-state index in [9.17, 15) is 9.90 Å². The SMILES string of the molecule is COc1ccc(C=CC(=O)Nc2ccccc2COc2ccc(-n3cnc(C)c3)cc2)cc1O. The number of nitrogens with one attached hydrogen (secondary N) is 1. The lowest BCUT2D eigenvalue weighted by Gasteiger charge is -2.12. The molecule has 2 N–H and O–H groups in total. The lowest BCUT2D eigenvalue weighted by molar-refractivity contribution is -0.111. The molecular formula is C27H25N3O4. The van der Waals surface area contributed by atoms with Crippen molar-refractivity contribution in [1.29, 1.82) is 0 Å². The first kappa shape index (κ1) is 22.7. The van der Waals surface area contributed by atoms with Crippen LogP contribution in [0.15, 0.2) is 85.3 Å². The van der Waals surface area contributed by atoms with Crippen LogP contribution in [0, 0.1) is 6.92 Å². The highest BCUT2D eigenvalue weighted by molar-refractivity contribution is 6.02. The molecule has 7 nitrogen and oxygen atoms in total. The number of carbonyl (C=O) groups is 1. The third-order valence-electron chi connectivity index (χ3n) is 5.15. The summed E-state index contributed by atoms with van der Waals surface area (Å²) in [6, 6.07) is 20.1. The fourth-order valence-corrected chi connectivity index (χ4v) is 3.36. The fourth-order valence-electron chi connectivity index (χ4n) is 3.36. The Hall–Kier alpha value is -4.52. The molecule has 0 fully saturated rings. The predicted octanol–water partition coefficient (Wildman–Crippen LogP) is 5.13. The van der Waals surface area contributed by atoms with Crippen molar-refractivity contribution in [3.8, 4) is 22.9 Å². The number of methoxy groups -OCH3 is 1. The molecule has 4 rings (SSSR count). The second-order valence-electron chi connectivity index (χ2n) is 7.62. The number of ether oxygens (including phenoxy) is 2. The molecule has 0 aliphatic rings. The first-order valence-corrected chi connectivity index (χ1v) is 10.7. The minimum atomic E-state index is -0.289. The normalized spacial score (nSPS) is 10.9. The van der Waals surface area contributed by atoms with Gasteiger partial charge >= 0.3 is 0 Å². The van der Waals surface area contributed by atoms with Gasteiger partial charge in [0.15, 0.2) is 11.5 Å². The first-order valence-electron chi connectivity index (χ1n) is 10.7. The van der Waals surface area contributed by atoms with E-state index in [0.29, 0.717) is 23.6 Å². The molecule has 3 aromatic carbocycles. The van der Waals surface area contributed by atoms with E-state index in [1.54, 1.807) is 24.5 Å². The largest absolute Gasteiger partial charge is 0.504 e.